The van der Waals surface area contributed by atoms with Gasteiger partial charge in [0.05, 0.1) is 12.4 Å². The topological polar surface area (TPSA) is 154 Å². The zero-order chi connectivity index (χ0) is 19.1. The van der Waals surface area contributed by atoms with Crippen molar-refractivity contribution in [3.8, 4) is 11.5 Å². The van der Waals surface area contributed by atoms with Crippen LogP contribution < -0.4 is 16.6 Å². The van der Waals surface area contributed by atoms with Crippen LogP contribution in [0.4, 0.5) is 17.8 Å². The molecule has 2 aromatic carbocycles. The van der Waals surface area contributed by atoms with Crippen LogP contribution in [0.25, 0.3) is 0 Å². The van der Waals surface area contributed by atoms with Crippen molar-refractivity contribution in [2.75, 3.05) is 16.6 Å². The van der Waals surface area contributed by atoms with Crippen molar-refractivity contribution in [1.29, 1.82) is 0 Å². The van der Waals surface area contributed by atoms with Crippen LogP contribution in [-0.2, 0) is 0 Å². The molecular formula is C17H16N8O2. The van der Waals surface area contributed by atoms with Crippen LogP contribution in [0.5, 0.6) is 11.5 Å². The van der Waals surface area contributed by atoms with Gasteiger partial charge in [-0.2, -0.15) is 25.2 Å². The van der Waals surface area contributed by atoms with Gasteiger partial charge < -0.3 is 15.9 Å². The minimum absolute atomic E-state index is 0.0366. The normalized spacial score (nSPS) is 11.1. The fourth-order valence-electron chi connectivity index (χ4n) is 2.00. The first-order chi connectivity index (χ1) is 13.1. The van der Waals surface area contributed by atoms with Crippen molar-refractivity contribution in [2.24, 2.45) is 10.2 Å². The third kappa shape index (κ3) is 4.89. The van der Waals surface area contributed by atoms with Crippen LogP contribution in [-0.4, -0.2) is 37.6 Å². The first kappa shape index (κ1) is 17.6. The number of hydrogen-bond donors (Lipinski definition) is 5. The third-order valence-electron chi connectivity index (χ3n) is 3.26. The second-order valence-electron chi connectivity index (χ2n) is 5.20. The van der Waals surface area contributed by atoms with Gasteiger partial charge in [-0.1, -0.05) is 24.3 Å². The first-order valence-corrected chi connectivity index (χ1v) is 7.77. The number of hydrogen-bond acceptors (Lipinski definition) is 10. The molecule has 0 aliphatic rings. The maximum atomic E-state index is 9.68. The third-order valence-corrected chi connectivity index (χ3v) is 3.26. The van der Waals surface area contributed by atoms with Gasteiger partial charge in [0.2, 0.25) is 17.8 Å². The van der Waals surface area contributed by atoms with Crippen molar-refractivity contribution < 1.29 is 10.2 Å². The maximum absolute atomic E-state index is 9.68. The molecule has 0 spiro atoms. The number of hydrazone groups is 2. The fraction of sp³-hybridized carbons (Fsp3) is 0. The standard InChI is InChI=1S/C17H16N8O2/c18-15-21-16(24-19-9-11-5-1-3-7-13(11)26)23-17(22-15)25-20-10-12-6-2-4-8-14(12)27/h1-10,26-27H,(H4,18,21,22,23,24,25)/b19-9+,20-10+. The summed E-state index contributed by atoms with van der Waals surface area (Å²) in [4.78, 5) is 11.9. The Balaban J connectivity index is 1.67. The monoisotopic (exact) mass is 364 g/mol. The second kappa shape index (κ2) is 8.25. The molecule has 0 bridgehead atoms. The predicted octanol–water partition coefficient (Wildman–Crippen LogP) is 1.76. The summed E-state index contributed by atoms with van der Waals surface area (Å²) in [6.07, 6.45) is 2.83. The van der Waals surface area contributed by atoms with E-state index in [0.29, 0.717) is 11.1 Å². The Morgan fingerprint density at radius 3 is 1.63 bits per heavy atom. The van der Waals surface area contributed by atoms with E-state index in [1.807, 2.05) is 0 Å². The number of phenols is 2. The minimum Gasteiger partial charge on any atom is -0.507 e. The highest BCUT2D eigenvalue weighted by Gasteiger charge is 2.03. The molecule has 10 nitrogen and oxygen atoms in total. The average Bonchev–Trinajstić information content (AvgIpc) is 2.64. The van der Waals surface area contributed by atoms with E-state index >= 15 is 0 Å². The minimum atomic E-state index is -0.0366. The molecule has 0 atom stereocenters. The molecule has 0 radical (unpaired) electrons. The summed E-state index contributed by atoms with van der Waals surface area (Å²) in [7, 11) is 0. The molecule has 3 aromatic rings. The fourth-order valence-corrected chi connectivity index (χ4v) is 2.00. The Hall–Kier alpha value is -4.21. The van der Waals surface area contributed by atoms with Crippen molar-refractivity contribution in [3.05, 3.63) is 59.7 Å². The number of para-hydroxylation sites is 2. The van der Waals surface area contributed by atoms with Crippen LogP contribution in [0.3, 0.4) is 0 Å². The Morgan fingerprint density at radius 2 is 1.19 bits per heavy atom. The van der Waals surface area contributed by atoms with Gasteiger partial charge >= 0.3 is 0 Å². The van der Waals surface area contributed by atoms with E-state index in [1.54, 1.807) is 48.5 Å². The van der Waals surface area contributed by atoms with Gasteiger partial charge in [0.1, 0.15) is 11.5 Å². The average molecular weight is 364 g/mol. The number of anilines is 3. The number of phenolic OH excluding ortho intramolecular Hbond substituents is 2. The molecule has 0 aliphatic heterocycles. The van der Waals surface area contributed by atoms with Gasteiger partial charge in [-0.15, -0.1) is 0 Å². The highest BCUT2D eigenvalue weighted by Crippen LogP contribution is 2.14. The van der Waals surface area contributed by atoms with E-state index in [-0.39, 0.29) is 29.3 Å². The molecule has 136 valence electrons. The second-order valence-corrected chi connectivity index (χ2v) is 5.20. The molecule has 0 fully saturated rings. The molecule has 0 unspecified atom stereocenters. The van der Waals surface area contributed by atoms with E-state index in [0.717, 1.165) is 0 Å². The highest BCUT2D eigenvalue weighted by molar-refractivity contribution is 5.84. The molecule has 0 amide bonds. The summed E-state index contributed by atoms with van der Waals surface area (Å²) in [6, 6.07) is 13.5. The predicted molar refractivity (Wildman–Crippen MR) is 103 cm³/mol. The van der Waals surface area contributed by atoms with Crippen molar-refractivity contribution in [2.45, 2.75) is 0 Å². The number of aromatic hydroxyl groups is 2. The number of nitrogen functional groups attached to an aromatic ring is 1. The van der Waals surface area contributed by atoms with Gasteiger partial charge in [-0.3, -0.25) is 0 Å². The lowest BCUT2D eigenvalue weighted by Crippen LogP contribution is -2.06. The molecular weight excluding hydrogens is 348 g/mol. The van der Waals surface area contributed by atoms with E-state index < -0.39 is 0 Å². The Morgan fingerprint density at radius 1 is 0.741 bits per heavy atom. The summed E-state index contributed by atoms with van der Waals surface area (Å²) in [5.41, 5.74) is 11.9. The number of nitrogens with zero attached hydrogens (tertiary/aromatic N) is 5. The Bertz CT molecular complexity index is 914. The lowest BCUT2D eigenvalue weighted by molar-refractivity contribution is 0.474. The zero-order valence-electron chi connectivity index (χ0n) is 14.0. The van der Waals surface area contributed by atoms with E-state index in [1.165, 1.54) is 12.4 Å². The lowest BCUT2D eigenvalue weighted by Gasteiger charge is -2.03. The molecule has 27 heavy (non-hydrogen) atoms. The maximum Gasteiger partial charge on any atom is 0.250 e. The van der Waals surface area contributed by atoms with Crippen LogP contribution in [0.1, 0.15) is 11.1 Å². The van der Waals surface area contributed by atoms with Crippen LogP contribution >= 0.6 is 0 Å². The molecule has 3 rings (SSSR count). The molecule has 1 aromatic heterocycles. The molecule has 0 aliphatic carbocycles. The zero-order valence-corrected chi connectivity index (χ0v) is 14.0. The molecule has 0 saturated carbocycles. The summed E-state index contributed by atoms with van der Waals surface area (Å²) in [5.74, 6) is 0.340. The summed E-state index contributed by atoms with van der Waals surface area (Å²) in [5, 5.41) is 27.3. The smallest absolute Gasteiger partial charge is 0.250 e. The number of benzene rings is 2. The Labute approximate surface area is 154 Å². The first-order valence-electron chi connectivity index (χ1n) is 7.77. The summed E-state index contributed by atoms with van der Waals surface area (Å²) >= 11 is 0. The van der Waals surface area contributed by atoms with Crippen LogP contribution in [0.15, 0.2) is 58.7 Å². The van der Waals surface area contributed by atoms with Gasteiger partial charge in [0, 0.05) is 11.1 Å². The number of aromatic nitrogens is 3. The largest absolute Gasteiger partial charge is 0.507 e. The van der Waals surface area contributed by atoms with Gasteiger partial charge in [0.25, 0.3) is 0 Å². The van der Waals surface area contributed by atoms with Gasteiger partial charge in [-0.25, -0.2) is 10.9 Å². The molecule has 6 N–H and O–H groups in total. The molecule has 0 saturated heterocycles. The number of rotatable bonds is 6. The lowest BCUT2D eigenvalue weighted by atomic mass is 10.2. The summed E-state index contributed by atoms with van der Waals surface area (Å²) < 4.78 is 0. The van der Waals surface area contributed by atoms with Crippen molar-refractivity contribution in [1.82, 2.24) is 15.0 Å². The highest BCUT2D eigenvalue weighted by atomic mass is 16.3. The van der Waals surface area contributed by atoms with Gasteiger partial charge in [0.15, 0.2) is 0 Å². The quantitative estimate of drug-likeness (QED) is 0.327. The molecule has 10 heteroatoms. The number of nitrogens with two attached hydrogens (primary N) is 1. The number of nitrogens with one attached hydrogen (secondary N) is 2. The SMILES string of the molecule is Nc1nc(N/N=C/c2ccccc2O)nc(N/N=C/c2ccccc2O)n1. The van der Waals surface area contributed by atoms with E-state index in [2.05, 4.69) is 36.0 Å². The van der Waals surface area contributed by atoms with Crippen LogP contribution in [0.2, 0.25) is 0 Å². The van der Waals surface area contributed by atoms with Crippen molar-refractivity contribution in [3.63, 3.8) is 0 Å². The van der Waals surface area contributed by atoms with E-state index in [4.69, 9.17) is 5.73 Å². The van der Waals surface area contributed by atoms with E-state index in [9.17, 15) is 10.2 Å². The summed E-state index contributed by atoms with van der Waals surface area (Å²) in [6.45, 7) is 0. The van der Waals surface area contributed by atoms with Gasteiger partial charge in [-0.05, 0) is 24.3 Å². The van der Waals surface area contributed by atoms with Crippen molar-refractivity contribution >= 4 is 30.3 Å². The Kier molecular flexibility index (Phi) is 5.38. The molecule has 1 heterocycles. The van der Waals surface area contributed by atoms with Crippen LogP contribution in [0, 0.1) is 0 Å².